The Labute approximate surface area is 132 Å². The van der Waals surface area contributed by atoms with Gasteiger partial charge in [0.2, 0.25) is 0 Å². The van der Waals surface area contributed by atoms with Crippen molar-refractivity contribution in [2.45, 2.75) is 52.0 Å². The maximum Gasteiger partial charge on any atom is 0.186 e. The van der Waals surface area contributed by atoms with Crippen LogP contribution in [0.1, 0.15) is 55.9 Å². The predicted octanol–water partition coefficient (Wildman–Crippen LogP) is 3.17. The van der Waals surface area contributed by atoms with Gasteiger partial charge in [0, 0.05) is 24.5 Å². The molecule has 0 radical (unpaired) electrons. The van der Waals surface area contributed by atoms with E-state index in [0.717, 1.165) is 54.5 Å². The summed E-state index contributed by atoms with van der Waals surface area (Å²) in [4.78, 5) is 21.8. The summed E-state index contributed by atoms with van der Waals surface area (Å²) < 4.78 is 0. The molecule has 4 nitrogen and oxygen atoms in total. The minimum Gasteiger partial charge on any atom is -0.344 e. The fourth-order valence-electron chi connectivity index (χ4n) is 2.90. The highest BCUT2D eigenvalue weighted by Crippen LogP contribution is 2.34. The highest BCUT2D eigenvalue weighted by Gasteiger charge is 2.28. The number of rotatable bonds is 3. The highest BCUT2D eigenvalue weighted by molar-refractivity contribution is 7.17. The molecule has 1 aliphatic heterocycles. The van der Waals surface area contributed by atoms with Crippen LogP contribution in [0.3, 0.4) is 0 Å². The summed E-state index contributed by atoms with van der Waals surface area (Å²) in [7, 11) is 2.19. The molecule has 0 spiro atoms. The summed E-state index contributed by atoms with van der Waals surface area (Å²) >= 11 is 1.55. The topological polar surface area (TPSA) is 36.4 Å². The van der Waals surface area contributed by atoms with Crippen LogP contribution in [-0.4, -0.2) is 48.9 Å². The number of aromatic nitrogens is 1. The summed E-state index contributed by atoms with van der Waals surface area (Å²) in [6.45, 7) is 11.8. The van der Waals surface area contributed by atoms with E-state index in [-0.39, 0.29) is 5.41 Å². The molecule has 0 aliphatic carbocycles. The molecule has 21 heavy (non-hydrogen) atoms. The van der Waals surface area contributed by atoms with Crippen LogP contribution in [0.5, 0.6) is 0 Å². The number of carbonyl (C=O) groups is 1. The third kappa shape index (κ3) is 3.64. The van der Waals surface area contributed by atoms with Gasteiger partial charge in [-0.15, -0.1) is 0 Å². The van der Waals surface area contributed by atoms with E-state index in [1.54, 1.807) is 11.3 Å². The molecular weight excluding hydrogens is 282 g/mol. The Kier molecular flexibility index (Phi) is 5.04. The van der Waals surface area contributed by atoms with Crippen molar-refractivity contribution in [1.29, 1.82) is 0 Å². The van der Waals surface area contributed by atoms with Crippen LogP contribution in [0.4, 0.5) is 5.13 Å². The Hall–Kier alpha value is -0.940. The first-order valence-corrected chi connectivity index (χ1v) is 8.60. The first-order valence-electron chi connectivity index (χ1n) is 7.78. The Morgan fingerprint density at radius 3 is 2.62 bits per heavy atom. The molecule has 0 aromatic carbocycles. The molecule has 1 aliphatic rings. The smallest absolute Gasteiger partial charge is 0.186 e. The van der Waals surface area contributed by atoms with Crippen LogP contribution < -0.4 is 4.90 Å². The Morgan fingerprint density at radius 1 is 1.38 bits per heavy atom. The van der Waals surface area contributed by atoms with Crippen molar-refractivity contribution in [3.8, 4) is 0 Å². The second kappa shape index (κ2) is 6.44. The molecule has 2 heterocycles. The second-order valence-corrected chi connectivity index (χ2v) is 7.96. The molecule has 1 saturated heterocycles. The number of likely N-dealkylation sites (N-methyl/N-ethyl adjacent to an activating group) is 1. The van der Waals surface area contributed by atoms with Crippen LogP contribution >= 0.6 is 11.3 Å². The van der Waals surface area contributed by atoms with Gasteiger partial charge in [0.1, 0.15) is 0 Å². The van der Waals surface area contributed by atoms with Crippen LogP contribution in [0, 0.1) is 0 Å². The summed E-state index contributed by atoms with van der Waals surface area (Å²) in [5, 5.41) is 1.02. The number of hydrogen-bond donors (Lipinski definition) is 0. The van der Waals surface area contributed by atoms with E-state index in [1.807, 2.05) is 0 Å². The van der Waals surface area contributed by atoms with Crippen molar-refractivity contribution in [3.05, 3.63) is 10.6 Å². The molecule has 1 atom stereocenters. The summed E-state index contributed by atoms with van der Waals surface area (Å²) in [5.41, 5.74) is 0.847. The van der Waals surface area contributed by atoms with Crippen molar-refractivity contribution in [2.24, 2.45) is 0 Å². The lowest BCUT2D eigenvalue weighted by molar-refractivity contribution is 0.112. The zero-order valence-corrected chi connectivity index (χ0v) is 14.7. The molecule has 118 valence electrons. The zero-order valence-electron chi connectivity index (χ0n) is 13.8. The van der Waals surface area contributed by atoms with Crippen molar-refractivity contribution >= 4 is 22.8 Å². The quantitative estimate of drug-likeness (QED) is 0.804. The van der Waals surface area contributed by atoms with E-state index in [4.69, 9.17) is 4.98 Å². The Bertz CT molecular complexity index is 492. The van der Waals surface area contributed by atoms with E-state index in [2.05, 4.69) is 44.5 Å². The van der Waals surface area contributed by atoms with Crippen molar-refractivity contribution in [2.75, 3.05) is 31.6 Å². The van der Waals surface area contributed by atoms with Crippen LogP contribution in [0.2, 0.25) is 0 Å². The van der Waals surface area contributed by atoms with Gasteiger partial charge in [-0.1, -0.05) is 39.0 Å². The average molecular weight is 309 g/mol. The molecule has 0 bridgehead atoms. The number of aldehydes is 1. The summed E-state index contributed by atoms with van der Waals surface area (Å²) in [6.07, 6.45) is 3.21. The van der Waals surface area contributed by atoms with Gasteiger partial charge >= 0.3 is 0 Å². The van der Waals surface area contributed by atoms with E-state index in [0.29, 0.717) is 6.04 Å². The zero-order chi connectivity index (χ0) is 15.6. The number of thiazole rings is 1. The van der Waals surface area contributed by atoms with E-state index in [9.17, 15) is 4.79 Å². The SMILES string of the molecule is CCC1CN(C)CCCN1c1nc(C(C)(C)C)c(C=O)s1. The minimum atomic E-state index is -0.0880. The van der Waals surface area contributed by atoms with Crippen molar-refractivity contribution in [3.63, 3.8) is 0 Å². The van der Waals surface area contributed by atoms with Gasteiger partial charge in [-0.2, -0.15) is 0 Å². The fourth-order valence-corrected chi connectivity index (χ4v) is 4.09. The van der Waals surface area contributed by atoms with Crippen molar-refractivity contribution in [1.82, 2.24) is 9.88 Å². The van der Waals surface area contributed by atoms with Gasteiger partial charge < -0.3 is 9.80 Å². The third-order valence-corrected chi connectivity index (χ3v) is 5.10. The Balaban J connectivity index is 2.35. The maximum absolute atomic E-state index is 11.4. The largest absolute Gasteiger partial charge is 0.344 e. The minimum absolute atomic E-state index is 0.0880. The van der Waals surface area contributed by atoms with E-state index in [1.165, 1.54) is 0 Å². The lowest BCUT2D eigenvalue weighted by atomic mass is 9.91. The average Bonchev–Trinajstić information content (AvgIpc) is 2.76. The lowest BCUT2D eigenvalue weighted by Crippen LogP contribution is -2.39. The number of carbonyl (C=O) groups excluding carboxylic acids is 1. The first kappa shape index (κ1) is 16.4. The van der Waals surface area contributed by atoms with Crippen LogP contribution in [0.15, 0.2) is 0 Å². The van der Waals surface area contributed by atoms with Crippen LogP contribution in [-0.2, 0) is 5.41 Å². The molecule has 0 saturated carbocycles. The molecule has 5 heteroatoms. The van der Waals surface area contributed by atoms with Gasteiger partial charge in [-0.25, -0.2) is 4.98 Å². The van der Waals surface area contributed by atoms with Crippen molar-refractivity contribution < 1.29 is 4.79 Å². The molecule has 1 aromatic heterocycles. The first-order chi connectivity index (χ1) is 9.86. The monoisotopic (exact) mass is 309 g/mol. The third-order valence-electron chi connectivity index (χ3n) is 4.08. The normalized spacial score (nSPS) is 21.4. The van der Waals surface area contributed by atoms with E-state index < -0.39 is 0 Å². The standard InChI is InChI=1S/C16H27N3OS/c1-6-12-10-18(5)8-7-9-19(12)15-17-14(16(2,3)4)13(11-20)21-15/h11-12H,6-10H2,1-5H3. The number of hydrogen-bond acceptors (Lipinski definition) is 5. The van der Waals surface area contributed by atoms with Gasteiger partial charge in [-0.05, 0) is 26.4 Å². The molecular formula is C16H27N3OS. The molecule has 0 N–H and O–H groups in total. The van der Waals surface area contributed by atoms with E-state index >= 15 is 0 Å². The van der Waals surface area contributed by atoms with Crippen LogP contribution in [0.25, 0.3) is 0 Å². The van der Waals surface area contributed by atoms with Gasteiger partial charge in [0.25, 0.3) is 0 Å². The van der Waals surface area contributed by atoms with Gasteiger partial charge in [0.05, 0.1) is 10.6 Å². The lowest BCUT2D eigenvalue weighted by Gasteiger charge is -2.30. The Morgan fingerprint density at radius 2 is 2.10 bits per heavy atom. The maximum atomic E-state index is 11.4. The molecule has 1 unspecified atom stereocenters. The molecule has 1 aromatic rings. The van der Waals surface area contributed by atoms with Gasteiger partial charge in [0.15, 0.2) is 11.4 Å². The molecule has 1 fully saturated rings. The predicted molar refractivity (Wildman–Crippen MR) is 89.7 cm³/mol. The number of nitrogens with zero attached hydrogens (tertiary/aromatic N) is 3. The highest BCUT2D eigenvalue weighted by atomic mass is 32.1. The summed E-state index contributed by atoms with van der Waals surface area (Å²) in [6, 6.07) is 0.482. The molecule has 0 amide bonds. The molecule has 2 rings (SSSR count). The fraction of sp³-hybridized carbons (Fsp3) is 0.750. The summed E-state index contributed by atoms with van der Waals surface area (Å²) in [5.74, 6) is 0. The second-order valence-electron chi connectivity index (χ2n) is 6.95. The number of anilines is 1. The van der Waals surface area contributed by atoms with Gasteiger partial charge in [-0.3, -0.25) is 4.79 Å².